The Hall–Kier alpha value is -2.85. The second-order valence-corrected chi connectivity index (χ2v) is 10.5. The fourth-order valence-corrected chi connectivity index (χ4v) is 5.66. The van der Waals surface area contributed by atoms with Crippen LogP contribution in [0.2, 0.25) is 0 Å². The highest BCUT2D eigenvalue weighted by Gasteiger charge is 2.25. The fourth-order valence-electron chi connectivity index (χ4n) is 4.65. The van der Waals surface area contributed by atoms with Crippen LogP contribution in [-0.2, 0) is 0 Å². The third-order valence-corrected chi connectivity index (χ3v) is 7.69. The van der Waals surface area contributed by atoms with Crippen LogP contribution < -0.4 is 10.2 Å². The summed E-state index contributed by atoms with van der Waals surface area (Å²) in [4.78, 5) is 13.5. The molecule has 5 rings (SSSR count). The van der Waals surface area contributed by atoms with Gasteiger partial charge in [0.15, 0.2) is 11.6 Å². The van der Waals surface area contributed by atoms with Gasteiger partial charge in [0.05, 0.1) is 22.5 Å². The Labute approximate surface area is 208 Å². The average Bonchev–Trinajstić information content (AvgIpc) is 2.86. The molecule has 1 saturated heterocycles. The number of anilines is 3. The van der Waals surface area contributed by atoms with E-state index >= 15 is 0 Å². The molecule has 3 aromatic rings. The molecule has 0 amide bonds. The van der Waals surface area contributed by atoms with Gasteiger partial charge in [-0.1, -0.05) is 0 Å². The van der Waals surface area contributed by atoms with Crippen LogP contribution in [0.5, 0.6) is 0 Å². The molecule has 2 aromatic heterocycles. The lowest BCUT2D eigenvalue weighted by atomic mass is 9.94. The minimum Gasteiger partial charge on any atom is -0.367 e. The zero-order chi connectivity index (χ0) is 24.5. The lowest BCUT2D eigenvalue weighted by molar-refractivity contribution is 0.253. The SMILES string of the molecule is CC(C)N1CCSc2c(F)cc(-c3nc(Nc4ccc(C5CCN(C)CC5)nn4)ncc3F)cc21. The Kier molecular flexibility index (Phi) is 6.84. The molecule has 1 fully saturated rings. The van der Waals surface area contributed by atoms with Gasteiger partial charge in [0, 0.05) is 29.8 Å². The molecule has 2 aliphatic heterocycles. The number of fused-ring (bicyclic) bond motifs is 1. The fraction of sp³-hybridized carbons (Fsp3) is 0.440. The second kappa shape index (κ2) is 10.0. The van der Waals surface area contributed by atoms with Crippen molar-refractivity contribution in [3.8, 4) is 11.3 Å². The van der Waals surface area contributed by atoms with Gasteiger partial charge in [-0.2, -0.15) is 5.10 Å². The Morgan fingerprint density at radius 1 is 1.06 bits per heavy atom. The van der Waals surface area contributed by atoms with Crippen LogP contribution in [-0.4, -0.2) is 63.5 Å². The van der Waals surface area contributed by atoms with Crippen LogP contribution in [0, 0.1) is 11.6 Å². The molecule has 0 aliphatic carbocycles. The van der Waals surface area contributed by atoms with E-state index in [9.17, 15) is 8.78 Å². The standard InChI is InChI=1S/C25H29F2N7S/c1-15(2)34-10-11-35-24-18(26)12-17(13-21(24)34)23-19(27)14-28-25(30-23)29-22-5-4-20(31-32-22)16-6-8-33(3)9-7-16/h4-5,12-16H,6-11H2,1-3H3,(H,28,29,30,32). The van der Waals surface area contributed by atoms with Gasteiger partial charge in [0.1, 0.15) is 11.5 Å². The Balaban J connectivity index is 1.39. The summed E-state index contributed by atoms with van der Waals surface area (Å²) in [7, 11) is 2.13. The van der Waals surface area contributed by atoms with Gasteiger partial charge in [-0.05, 0) is 71.1 Å². The summed E-state index contributed by atoms with van der Waals surface area (Å²) >= 11 is 1.49. The van der Waals surface area contributed by atoms with E-state index in [2.05, 4.69) is 56.2 Å². The summed E-state index contributed by atoms with van der Waals surface area (Å²) in [6, 6.07) is 7.17. The van der Waals surface area contributed by atoms with Gasteiger partial charge in [-0.25, -0.2) is 18.7 Å². The molecule has 0 radical (unpaired) electrons. The normalized spacial score (nSPS) is 17.0. The number of piperidine rings is 1. The molecule has 4 heterocycles. The van der Waals surface area contributed by atoms with Crippen molar-refractivity contribution < 1.29 is 8.78 Å². The first-order valence-corrected chi connectivity index (χ1v) is 12.9. The number of nitrogens with one attached hydrogen (secondary N) is 1. The van der Waals surface area contributed by atoms with E-state index in [-0.39, 0.29) is 23.5 Å². The first-order chi connectivity index (χ1) is 16.9. The van der Waals surface area contributed by atoms with Crippen LogP contribution in [0.1, 0.15) is 38.3 Å². The van der Waals surface area contributed by atoms with Crippen molar-refractivity contribution in [3.63, 3.8) is 0 Å². The quantitative estimate of drug-likeness (QED) is 0.523. The molecule has 10 heteroatoms. The van der Waals surface area contributed by atoms with E-state index in [4.69, 9.17) is 0 Å². The maximum atomic E-state index is 15.0. The highest BCUT2D eigenvalue weighted by atomic mass is 32.2. The predicted molar refractivity (Wildman–Crippen MR) is 135 cm³/mol. The van der Waals surface area contributed by atoms with Gasteiger partial charge in [0.25, 0.3) is 0 Å². The number of hydrogen-bond donors (Lipinski definition) is 1. The lowest BCUT2D eigenvalue weighted by Crippen LogP contribution is -2.35. The molecule has 0 saturated carbocycles. The van der Waals surface area contributed by atoms with Crippen molar-refractivity contribution in [2.24, 2.45) is 0 Å². The summed E-state index contributed by atoms with van der Waals surface area (Å²) in [6.07, 6.45) is 3.22. The lowest BCUT2D eigenvalue weighted by Gasteiger charge is -2.34. The third-order valence-electron chi connectivity index (χ3n) is 6.61. The Morgan fingerprint density at radius 2 is 1.86 bits per heavy atom. The van der Waals surface area contributed by atoms with Crippen molar-refractivity contribution in [2.75, 3.05) is 42.7 Å². The Bertz CT molecular complexity index is 1200. The first-order valence-electron chi connectivity index (χ1n) is 11.9. The van der Waals surface area contributed by atoms with Gasteiger partial charge in [0.2, 0.25) is 5.95 Å². The number of nitrogens with zero attached hydrogens (tertiary/aromatic N) is 6. The maximum Gasteiger partial charge on any atom is 0.229 e. The minimum atomic E-state index is -0.613. The predicted octanol–water partition coefficient (Wildman–Crippen LogP) is 5.09. The highest BCUT2D eigenvalue weighted by molar-refractivity contribution is 7.99. The van der Waals surface area contributed by atoms with E-state index in [1.807, 2.05) is 18.2 Å². The maximum absolute atomic E-state index is 15.0. The molecule has 1 N–H and O–H groups in total. The molecular formula is C25H29F2N7S. The molecule has 1 aromatic carbocycles. The summed E-state index contributed by atoms with van der Waals surface area (Å²) < 4.78 is 29.8. The van der Waals surface area contributed by atoms with Crippen LogP contribution >= 0.6 is 11.8 Å². The first kappa shape index (κ1) is 23.9. The summed E-state index contributed by atoms with van der Waals surface area (Å²) in [5.41, 5.74) is 2.16. The van der Waals surface area contributed by atoms with Gasteiger partial charge >= 0.3 is 0 Å². The van der Waals surface area contributed by atoms with Crippen molar-refractivity contribution in [2.45, 2.75) is 43.5 Å². The van der Waals surface area contributed by atoms with Crippen LogP contribution in [0.4, 0.5) is 26.2 Å². The molecule has 2 aliphatic rings. The minimum absolute atomic E-state index is 0.0411. The van der Waals surface area contributed by atoms with E-state index in [0.717, 1.165) is 55.8 Å². The molecule has 7 nitrogen and oxygen atoms in total. The van der Waals surface area contributed by atoms with E-state index in [1.165, 1.54) is 17.8 Å². The molecule has 35 heavy (non-hydrogen) atoms. The number of benzene rings is 1. The summed E-state index contributed by atoms with van der Waals surface area (Å²) in [5.74, 6) is 0.890. The number of hydrogen-bond acceptors (Lipinski definition) is 8. The number of likely N-dealkylation sites (tertiary alicyclic amines) is 1. The van der Waals surface area contributed by atoms with Crippen LogP contribution in [0.3, 0.4) is 0 Å². The molecule has 0 atom stereocenters. The zero-order valence-electron chi connectivity index (χ0n) is 20.1. The highest BCUT2D eigenvalue weighted by Crippen LogP contribution is 2.41. The van der Waals surface area contributed by atoms with Gasteiger partial charge in [-0.3, -0.25) is 0 Å². The summed E-state index contributed by atoms with van der Waals surface area (Å²) in [6.45, 7) is 7.04. The monoisotopic (exact) mass is 497 g/mol. The number of thioether (sulfide) groups is 1. The smallest absolute Gasteiger partial charge is 0.229 e. The van der Waals surface area contributed by atoms with Crippen molar-refractivity contribution >= 4 is 29.2 Å². The topological polar surface area (TPSA) is 70.1 Å². The van der Waals surface area contributed by atoms with E-state index < -0.39 is 5.82 Å². The van der Waals surface area contributed by atoms with Crippen molar-refractivity contribution in [3.05, 3.63) is 47.8 Å². The second-order valence-electron chi connectivity index (χ2n) is 9.38. The Morgan fingerprint density at radius 3 is 2.57 bits per heavy atom. The molecule has 0 unspecified atom stereocenters. The summed E-state index contributed by atoms with van der Waals surface area (Å²) in [5, 5.41) is 11.7. The van der Waals surface area contributed by atoms with Crippen LogP contribution in [0.25, 0.3) is 11.3 Å². The third kappa shape index (κ3) is 5.08. The number of halogens is 2. The molecule has 184 valence electrons. The van der Waals surface area contributed by atoms with Crippen LogP contribution in [0.15, 0.2) is 35.4 Å². The van der Waals surface area contributed by atoms with Gasteiger partial charge in [-0.15, -0.1) is 16.9 Å². The molecule has 0 spiro atoms. The van der Waals surface area contributed by atoms with Crippen molar-refractivity contribution in [1.82, 2.24) is 25.1 Å². The number of aromatic nitrogens is 4. The molecular weight excluding hydrogens is 468 g/mol. The average molecular weight is 498 g/mol. The van der Waals surface area contributed by atoms with Crippen molar-refractivity contribution in [1.29, 1.82) is 0 Å². The van der Waals surface area contributed by atoms with E-state index in [1.54, 1.807) is 0 Å². The van der Waals surface area contributed by atoms with Gasteiger partial charge < -0.3 is 15.1 Å². The molecule has 0 bridgehead atoms. The van der Waals surface area contributed by atoms with E-state index in [0.29, 0.717) is 22.2 Å². The number of rotatable bonds is 5. The largest absolute Gasteiger partial charge is 0.367 e. The zero-order valence-corrected chi connectivity index (χ0v) is 20.9.